The van der Waals surface area contributed by atoms with E-state index in [4.69, 9.17) is 9.47 Å². The summed E-state index contributed by atoms with van der Waals surface area (Å²) in [6.45, 7) is 6.07. The Labute approximate surface area is 229 Å². The Bertz CT molecular complexity index is 1260. The summed E-state index contributed by atoms with van der Waals surface area (Å²) in [5.41, 5.74) is 2.04. The minimum absolute atomic E-state index is 0.790. The maximum Gasteiger partial charge on any atom is 0.119 e. The summed E-state index contributed by atoms with van der Waals surface area (Å²) < 4.78 is 11.9. The zero-order valence-corrected chi connectivity index (χ0v) is 23.2. The van der Waals surface area contributed by atoms with Crippen LogP contribution in [0.5, 0.6) is 11.5 Å². The summed E-state index contributed by atoms with van der Waals surface area (Å²) in [5.74, 6) is 8.59. The molecule has 0 radical (unpaired) electrons. The van der Waals surface area contributed by atoms with Crippen molar-refractivity contribution in [2.45, 2.75) is 78.1 Å². The fraction of sp³-hybridized carbons (Fsp3) is 0.389. The number of unbranched alkanes of at least 4 members (excludes halogenated alkanes) is 8. The monoisotopic (exact) mass is 506 g/mol. The molecule has 0 amide bonds. The lowest BCUT2D eigenvalue weighted by Gasteiger charge is -2.08. The smallest absolute Gasteiger partial charge is 0.119 e. The van der Waals surface area contributed by atoms with Gasteiger partial charge in [-0.3, -0.25) is 0 Å². The summed E-state index contributed by atoms with van der Waals surface area (Å²) in [6, 6.07) is 25.4. The molecule has 0 saturated carbocycles. The average Bonchev–Trinajstić information content (AvgIpc) is 2.95. The van der Waals surface area contributed by atoms with Gasteiger partial charge in [-0.15, -0.1) is 0 Å². The number of hydrogen-bond donors (Lipinski definition) is 0. The molecule has 0 heterocycles. The molecule has 0 aliphatic heterocycles. The van der Waals surface area contributed by atoms with Gasteiger partial charge in [0.2, 0.25) is 0 Å². The average molecular weight is 507 g/mol. The van der Waals surface area contributed by atoms with E-state index >= 15 is 0 Å². The highest BCUT2D eigenvalue weighted by molar-refractivity contribution is 5.86. The Kier molecular flexibility index (Phi) is 11.0. The van der Waals surface area contributed by atoms with Crippen LogP contribution in [0.4, 0.5) is 0 Å². The first-order chi connectivity index (χ1) is 18.7. The maximum absolute atomic E-state index is 5.97. The standard InChI is InChI=1S/C36H42O2/c1-3-5-7-9-11-23-37-35-21-19-31-25-29(15-17-33(31)27-35)13-14-30-16-18-34-28-36(22-20-32(34)26-30)38-24-12-10-8-6-4-2/h15-22,25-28H,3-12,23-24H2,1-2H3. The molecular formula is C36H42O2. The second-order valence-corrected chi connectivity index (χ2v) is 10.2. The van der Waals surface area contributed by atoms with Crippen LogP contribution >= 0.6 is 0 Å². The predicted molar refractivity (Wildman–Crippen MR) is 162 cm³/mol. The van der Waals surface area contributed by atoms with Crippen molar-refractivity contribution in [2.24, 2.45) is 0 Å². The second-order valence-electron chi connectivity index (χ2n) is 10.2. The molecule has 0 saturated heterocycles. The molecule has 0 aliphatic carbocycles. The second kappa shape index (κ2) is 15.1. The van der Waals surface area contributed by atoms with Crippen LogP contribution in [0.15, 0.2) is 72.8 Å². The van der Waals surface area contributed by atoms with E-state index in [0.29, 0.717) is 0 Å². The molecule has 0 bridgehead atoms. The van der Waals surface area contributed by atoms with Crippen LogP contribution in [0.3, 0.4) is 0 Å². The lowest BCUT2D eigenvalue weighted by molar-refractivity contribution is 0.305. The number of benzene rings is 4. The van der Waals surface area contributed by atoms with Crippen molar-refractivity contribution in [3.63, 3.8) is 0 Å². The molecule has 0 aromatic heterocycles. The lowest BCUT2D eigenvalue weighted by Crippen LogP contribution is -1.97. The summed E-state index contributed by atoms with van der Waals surface area (Å²) in [6.07, 6.45) is 12.5. The van der Waals surface area contributed by atoms with Gasteiger partial charge in [0.05, 0.1) is 13.2 Å². The molecule has 0 atom stereocenters. The number of hydrogen-bond acceptors (Lipinski definition) is 2. The van der Waals surface area contributed by atoms with E-state index in [2.05, 4.69) is 98.5 Å². The Morgan fingerprint density at radius 2 is 0.842 bits per heavy atom. The van der Waals surface area contributed by atoms with E-state index in [0.717, 1.165) is 48.7 Å². The third-order valence-electron chi connectivity index (χ3n) is 7.01. The summed E-state index contributed by atoms with van der Waals surface area (Å²) in [5, 5.41) is 4.74. The molecular weight excluding hydrogens is 464 g/mol. The number of fused-ring (bicyclic) bond motifs is 2. The molecule has 2 nitrogen and oxygen atoms in total. The summed E-state index contributed by atoms with van der Waals surface area (Å²) in [7, 11) is 0. The Hall–Kier alpha value is -3.44. The molecule has 0 unspecified atom stereocenters. The van der Waals surface area contributed by atoms with Crippen molar-refractivity contribution in [2.75, 3.05) is 13.2 Å². The van der Waals surface area contributed by atoms with Gasteiger partial charge >= 0.3 is 0 Å². The Morgan fingerprint density at radius 1 is 0.447 bits per heavy atom. The van der Waals surface area contributed by atoms with Crippen LogP contribution in [-0.4, -0.2) is 13.2 Å². The van der Waals surface area contributed by atoms with Gasteiger partial charge in [0, 0.05) is 11.1 Å². The largest absolute Gasteiger partial charge is 0.494 e. The van der Waals surface area contributed by atoms with Crippen LogP contribution in [0.1, 0.15) is 89.2 Å². The molecule has 0 aliphatic rings. The van der Waals surface area contributed by atoms with Gasteiger partial charge in [-0.05, 0) is 82.9 Å². The first kappa shape index (κ1) is 27.6. The van der Waals surface area contributed by atoms with E-state index in [1.165, 1.54) is 72.9 Å². The van der Waals surface area contributed by atoms with Crippen LogP contribution in [0, 0.1) is 11.8 Å². The topological polar surface area (TPSA) is 18.5 Å². The highest BCUT2D eigenvalue weighted by Gasteiger charge is 2.01. The molecule has 0 fully saturated rings. The van der Waals surface area contributed by atoms with E-state index in [1.807, 2.05) is 0 Å². The van der Waals surface area contributed by atoms with Crippen LogP contribution in [-0.2, 0) is 0 Å². The molecule has 4 rings (SSSR count). The van der Waals surface area contributed by atoms with Gasteiger partial charge < -0.3 is 9.47 Å². The zero-order valence-electron chi connectivity index (χ0n) is 23.2. The van der Waals surface area contributed by atoms with Crippen LogP contribution < -0.4 is 9.47 Å². The lowest BCUT2D eigenvalue weighted by atomic mass is 10.0. The molecule has 0 N–H and O–H groups in total. The molecule has 4 aromatic carbocycles. The van der Waals surface area contributed by atoms with Gasteiger partial charge in [-0.25, -0.2) is 0 Å². The normalized spacial score (nSPS) is 10.9. The van der Waals surface area contributed by atoms with Crippen molar-refractivity contribution in [1.82, 2.24) is 0 Å². The van der Waals surface area contributed by atoms with Gasteiger partial charge in [0.25, 0.3) is 0 Å². The first-order valence-electron chi connectivity index (χ1n) is 14.6. The van der Waals surface area contributed by atoms with E-state index in [-0.39, 0.29) is 0 Å². The number of ether oxygens (including phenoxy) is 2. The first-order valence-corrected chi connectivity index (χ1v) is 14.6. The van der Waals surface area contributed by atoms with Gasteiger partial charge in [-0.2, -0.15) is 0 Å². The predicted octanol–water partition coefficient (Wildman–Crippen LogP) is 10.1. The molecule has 38 heavy (non-hydrogen) atoms. The Balaban J connectivity index is 1.33. The van der Waals surface area contributed by atoms with Crippen LogP contribution in [0.2, 0.25) is 0 Å². The van der Waals surface area contributed by atoms with Crippen molar-refractivity contribution < 1.29 is 9.47 Å². The maximum atomic E-state index is 5.97. The minimum Gasteiger partial charge on any atom is -0.494 e. The van der Waals surface area contributed by atoms with Crippen molar-refractivity contribution in [3.8, 4) is 23.3 Å². The quantitative estimate of drug-likeness (QED) is 0.125. The fourth-order valence-corrected chi connectivity index (χ4v) is 4.72. The zero-order chi connectivity index (χ0) is 26.4. The van der Waals surface area contributed by atoms with Gasteiger partial charge in [0.15, 0.2) is 0 Å². The molecule has 0 spiro atoms. The summed E-state index contributed by atoms with van der Waals surface area (Å²) >= 11 is 0. The Morgan fingerprint density at radius 3 is 1.29 bits per heavy atom. The van der Waals surface area contributed by atoms with E-state index < -0.39 is 0 Å². The van der Waals surface area contributed by atoms with Crippen molar-refractivity contribution in [1.29, 1.82) is 0 Å². The highest BCUT2D eigenvalue weighted by Crippen LogP contribution is 2.24. The third-order valence-corrected chi connectivity index (χ3v) is 7.01. The van der Waals surface area contributed by atoms with Gasteiger partial charge in [0.1, 0.15) is 11.5 Å². The van der Waals surface area contributed by atoms with E-state index in [9.17, 15) is 0 Å². The number of rotatable bonds is 14. The van der Waals surface area contributed by atoms with Crippen molar-refractivity contribution >= 4 is 21.5 Å². The highest BCUT2D eigenvalue weighted by atomic mass is 16.5. The van der Waals surface area contributed by atoms with Crippen molar-refractivity contribution in [3.05, 3.63) is 83.9 Å². The third kappa shape index (κ3) is 8.56. The molecule has 4 aromatic rings. The summed E-state index contributed by atoms with van der Waals surface area (Å²) in [4.78, 5) is 0. The van der Waals surface area contributed by atoms with Crippen LogP contribution in [0.25, 0.3) is 21.5 Å². The minimum atomic E-state index is 0.790. The van der Waals surface area contributed by atoms with Gasteiger partial charge in [-0.1, -0.05) is 101 Å². The fourth-order valence-electron chi connectivity index (χ4n) is 4.72. The van der Waals surface area contributed by atoms with E-state index in [1.54, 1.807) is 0 Å². The molecule has 2 heteroatoms. The molecule has 198 valence electrons. The SMILES string of the molecule is CCCCCCCOc1ccc2cc(C#Cc3ccc4cc(OCCCCCCC)ccc4c3)ccc2c1.